The molecule has 1 amide bonds. The van der Waals surface area contributed by atoms with E-state index in [0.717, 1.165) is 5.56 Å². The number of halogens is 1. The number of rotatable bonds is 8. The Kier molecular flexibility index (Phi) is 8.51. The maximum atomic E-state index is 14.0. The molecule has 0 saturated carbocycles. The zero-order valence-corrected chi connectivity index (χ0v) is 25.4. The third-order valence-electron chi connectivity index (χ3n) is 6.63. The van der Waals surface area contributed by atoms with Crippen molar-refractivity contribution in [2.24, 2.45) is 4.99 Å². The molecule has 2 heterocycles. The monoisotopic (exact) mass is 603 g/mol. The van der Waals surface area contributed by atoms with Crippen molar-refractivity contribution in [3.05, 3.63) is 114 Å². The van der Waals surface area contributed by atoms with Gasteiger partial charge in [-0.1, -0.05) is 53.3 Å². The second kappa shape index (κ2) is 12.3. The summed E-state index contributed by atoms with van der Waals surface area (Å²) in [6.07, 6.45) is 1.64. The molecule has 0 radical (unpaired) electrons. The molecule has 0 fully saturated rings. The number of para-hydroxylation sites is 1. The predicted octanol–water partition coefficient (Wildman–Crippen LogP) is 5.33. The number of aromatic nitrogens is 1. The molecule has 1 atom stereocenters. The summed E-state index contributed by atoms with van der Waals surface area (Å²) in [6.45, 7) is 5.59. The van der Waals surface area contributed by atoms with E-state index in [1.165, 1.54) is 18.4 Å². The zero-order chi connectivity index (χ0) is 30.0. The van der Waals surface area contributed by atoms with Gasteiger partial charge in [-0.05, 0) is 74.4 Å². The number of methoxy groups -OCH3 is 2. The first-order valence-corrected chi connectivity index (χ1v) is 14.5. The number of fused-ring (bicyclic) bond motifs is 1. The minimum absolute atomic E-state index is 0.0968. The minimum Gasteiger partial charge on any atom is -0.497 e. The highest BCUT2D eigenvalue weighted by molar-refractivity contribution is 7.07. The fraction of sp³-hybridized carbons (Fsp3) is 0.219. The lowest BCUT2D eigenvalue weighted by atomic mass is 9.95. The number of anilines is 1. The molecule has 0 bridgehead atoms. The van der Waals surface area contributed by atoms with Gasteiger partial charge in [0.05, 0.1) is 47.2 Å². The minimum atomic E-state index is -0.710. The van der Waals surface area contributed by atoms with Gasteiger partial charge in [-0.3, -0.25) is 14.2 Å². The summed E-state index contributed by atoms with van der Waals surface area (Å²) >= 11 is 7.79. The number of hydrogen-bond acceptors (Lipinski definition) is 7. The number of carbonyl (C=O) groups excluding carboxylic acids is 1. The van der Waals surface area contributed by atoms with E-state index in [1.54, 1.807) is 36.8 Å². The van der Waals surface area contributed by atoms with E-state index in [4.69, 9.17) is 30.8 Å². The van der Waals surface area contributed by atoms with Gasteiger partial charge in [0.25, 0.3) is 11.5 Å². The normalized spacial score (nSPS) is 14.8. The van der Waals surface area contributed by atoms with Crippen LogP contribution < -0.4 is 34.4 Å². The van der Waals surface area contributed by atoms with Crippen LogP contribution in [0.2, 0.25) is 5.02 Å². The molecular formula is C32H30ClN3O5S. The highest BCUT2D eigenvalue weighted by atomic mass is 35.5. The van der Waals surface area contributed by atoms with Crippen LogP contribution in [-0.2, 0) is 4.79 Å². The highest BCUT2D eigenvalue weighted by Gasteiger charge is 2.32. The van der Waals surface area contributed by atoms with Crippen LogP contribution in [0.1, 0.15) is 37.9 Å². The van der Waals surface area contributed by atoms with E-state index in [9.17, 15) is 9.59 Å². The molecule has 0 unspecified atom stereocenters. The summed E-state index contributed by atoms with van der Waals surface area (Å²) in [4.78, 5) is 32.9. The van der Waals surface area contributed by atoms with Crippen molar-refractivity contribution < 1.29 is 19.0 Å². The van der Waals surface area contributed by atoms with Crippen LogP contribution in [0.15, 0.2) is 87.8 Å². The summed E-state index contributed by atoms with van der Waals surface area (Å²) in [5.74, 6) is 1.23. The second-order valence-electron chi connectivity index (χ2n) is 9.88. The molecule has 1 aliphatic heterocycles. The molecule has 0 aliphatic carbocycles. The number of nitrogens with zero attached hydrogens (tertiary/aromatic N) is 2. The van der Waals surface area contributed by atoms with E-state index in [2.05, 4.69) is 5.32 Å². The van der Waals surface area contributed by atoms with Crippen molar-refractivity contribution in [2.45, 2.75) is 32.9 Å². The van der Waals surface area contributed by atoms with Gasteiger partial charge >= 0.3 is 0 Å². The molecule has 1 aliphatic rings. The molecule has 8 nitrogen and oxygen atoms in total. The Balaban J connectivity index is 1.65. The molecule has 5 rings (SSSR count). The van der Waals surface area contributed by atoms with Gasteiger partial charge in [0.2, 0.25) is 0 Å². The van der Waals surface area contributed by atoms with Crippen LogP contribution >= 0.6 is 22.9 Å². The van der Waals surface area contributed by atoms with E-state index in [0.29, 0.717) is 54.1 Å². The number of thiazole rings is 1. The van der Waals surface area contributed by atoms with E-state index >= 15 is 0 Å². The summed E-state index contributed by atoms with van der Waals surface area (Å²) in [5, 5.41) is 3.33. The van der Waals surface area contributed by atoms with Gasteiger partial charge in [-0.15, -0.1) is 0 Å². The summed E-state index contributed by atoms with van der Waals surface area (Å²) in [5.41, 5.74) is 2.67. The quantitative estimate of drug-likeness (QED) is 0.294. The molecule has 4 aromatic rings. The number of benzene rings is 3. The number of hydrogen-bond donors (Lipinski definition) is 1. The standard InChI is InChI=1S/C32H30ClN3O5S/c1-18(2)41-29-24(33)15-20(16-25(29)40-5)17-26-31(38)36-28(21-11-13-23(39-4)14-12-21)27(19(3)34-32(36)42-26)30(37)35-22-9-7-6-8-10-22/h6-18,28H,1-5H3,(H,35,37)/b26-17+/t28-/m1/s1. The van der Waals surface area contributed by atoms with Crippen molar-refractivity contribution >= 4 is 40.6 Å². The molecule has 10 heteroatoms. The first-order valence-electron chi connectivity index (χ1n) is 13.3. The highest BCUT2D eigenvalue weighted by Crippen LogP contribution is 2.37. The third kappa shape index (κ3) is 5.84. The first-order chi connectivity index (χ1) is 20.2. The van der Waals surface area contributed by atoms with Crippen molar-refractivity contribution in [3.63, 3.8) is 0 Å². The van der Waals surface area contributed by atoms with Gasteiger partial charge in [-0.25, -0.2) is 4.99 Å². The SMILES string of the molecule is COc1ccc([C@@H]2C(C(=O)Nc3ccccc3)=C(C)N=c3s/c(=C/c4cc(Cl)c(OC(C)C)c(OC)c4)c(=O)n32)cc1. The smallest absolute Gasteiger partial charge is 0.271 e. The second-order valence-corrected chi connectivity index (χ2v) is 11.3. The Labute approximate surface area is 252 Å². The number of nitrogens with one attached hydrogen (secondary N) is 1. The lowest BCUT2D eigenvalue weighted by Crippen LogP contribution is -2.40. The van der Waals surface area contributed by atoms with Crippen LogP contribution in [0.5, 0.6) is 17.2 Å². The van der Waals surface area contributed by atoms with Crippen LogP contribution in [0.3, 0.4) is 0 Å². The fourth-order valence-corrected chi connectivity index (χ4v) is 6.07. The number of carbonyl (C=O) groups is 1. The van der Waals surface area contributed by atoms with Crippen LogP contribution in [-0.4, -0.2) is 30.8 Å². The Morgan fingerprint density at radius 1 is 1.07 bits per heavy atom. The summed E-state index contributed by atoms with van der Waals surface area (Å²) < 4.78 is 18.7. The van der Waals surface area contributed by atoms with Gasteiger partial charge in [-0.2, -0.15) is 0 Å². The molecule has 216 valence electrons. The van der Waals surface area contributed by atoms with Crippen molar-refractivity contribution in [2.75, 3.05) is 19.5 Å². The molecule has 0 saturated heterocycles. The van der Waals surface area contributed by atoms with Crippen LogP contribution in [0.4, 0.5) is 5.69 Å². The third-order valence-corrected chi connectivity index (χ3v) is 7.90. The molecule has 1 aromatic heterocycles. The molecule has 0 spiro atoms. The molecular weight excluding hydrogens is 574 g/mol. The Morgan fingerprint density at radius 3 is 2.43 bits per heavy atom. The van der Waals surface area contributed by atoms with Gasteiger partial charge < -0.3 is 19.5 Å². The summed E-state index contributed by atoms with van der Waals surface area (Å²) in [6, 6.07) is 19.3. The predicted molar refractivity (Wildman–Crippen MR) is 166 cm³/mol. The van der Waals surface area contributed by atoms with E-state index in [-0.39, 0.29) is 17.6 Å². The van der Waals surface area contributed by atoms with Gasteiger partial charge in [0, 0.05) is 5.69 Å². The average molecular weight is 604 g/mol. The van der Waals surface area contributed by atoms with Crippen LogP contribution in [0.25, 0.3) is 6.08 Å². The lowest BCUT2D eigenvalue weighted by molar-refractivity contribution is -0.113. The summed E-state index contributed by atoms with van der Waals surface area (Å²) in [7, 11) is 3.12. The Morgan fingerprint density at radius 2 is 1.79 bits per heavy atom. The number of allylic oxidation sites excluding steroid dienone is 1. The Bertz CT molecular complexity index is 1840. The van der Waals surface area contributed by atoms with Crippen molar-refractivity contribution in [3.8, 4) is 17.2 Å². The van der Waals surface area contributed by atoms with Crippen molar-refractivity contribution in [1.82, 2.24) is 4.57 Å². The topological polar surface area (TPSA) is 91.2 Å². The fourth-order valence-electron chi connectivity index (χ4n) is 4.76. The molecule has 1 N–H and O–H groups in total. The van der Waals surface area contributed by atoms with Crippen LogP contribution in [0, 0.1) is 0 Å². The number of amides is 1. The van der Waals surface area contributed by atoms with Gasteiger partial charge in [0.15, 0.2) is 16.3 Å². The van der Waals surface area contributed by atoms with Crippen molar-refractivity contribution in [1.29, 1.82) is 0 Å². The Hall–Kier alpha value is -4.34. The average Bonchev–Trinajstić information content (AvgIpc) is 3.27. The molecule has 3 aromatic carbocycles. The number of ether oxygens (including phenoxy) is 3. The van der Waals surface area contributed by atoms with Gasteiger partial charge in [0.1, 0.15) is 5.75 Å². The zero-order valence-electron chi connectivity index (χ0n) is 23.8. The first kappa shape index (κ1) is 29.2. The van der Waals surface area contributed by atoms with E-state index in [1.807, 2.05) is 68.4 Å². The maximum Gasteiger partial charge on any atom is 0.271 e. The lowest BCUT2D eigenvalue weighted by Gasteiger charge is -2.25. The van der Waals surface area contributed by atoms with E-state index < -0.39 is 6.04 Å². The molecule has 42 heavy (non-hydrogen) atoms. The largest absolute Gasteiger partial charge is 0.497 e. The maximum absolute atomic E-state index is 14.0.